The quantitative estimate of drug-likeness (QED) is 0.768. The number of aryl methyl sites for hydroxylation is 2. The van der Waals surface area contributed by atoms with Gasteiger partial charge >= 0.3 is 6.03 Å². The summed E-state index contributed by atoms with van der Waals surface area (Å²) in [5.41, 5.74) is 1.59. The Morgan fingerprint density at radius 3 is 2.44 bits per heavy atom. The molecular formula is C21H24N2O4. The van der Waals surface area contributed by atoms with Crippen molar-refractivity contribution in [3.8, 4) is 5.75 Å². The second-order valence-corrected chi connectivity index (χ2v) is 7.07. The van der Waals surface area contributed by atoms with Crippen LogP contribution < -0.4 is 10.1 Å². The Morgan fingerprint density at radius 1 is 1.11 bits per heavy atom. The SMILES string of the molecule is Cc1ccc([C@@]2(C)NC(=O)N(C[C@@H](O)COc3ccccc3C)C2=O)cc1. The zero-order chi connectivity index (χ0) is 19.6. The molecule has 0 saturated carbocycles. The van der Waals surface area contributed by atoms with Gasteiger partial charge in [-0.1, -0.05) is 48.0 Å². The van der Waals surface area contributed by atoms with Gasteiger partial charge in [-0.3, -0.25) is 9.69 Å². The van der Waals surface area contributed by atoms with Crippen LogP contribution in [-0.2, 0) is 10.3 Å². The minimum absolute atomic E-state index is 0.0108. The van der Waals surface area contributed by atoms with Crippen molar-refractivity contribution in [3.63, 3.8) is 0 Å². The second-order valence-electron chi connectivity index (χ2n) is 7.07. The molecule has 3 amide bonds. The number of nitrogens with one attached hydrogen (secondary N) is 1. The topological polar surface area (TPSA) is 78.9 Å². The lowest BCUT2D eigenvalue weighted by Gasteiger charge is -2.23. The van der Waals surface area contributed by atoms with Crippen LogP contribution in [0.25, 0.3) is 0 Å². The van der Waals surface area contributed by atoms with Crippen LogP contribution in [0.5, 0.6) is 5.75 Å². The molecule has 1 fully saturated rings. The number of nitrogens with zero attached hydrogens (tertiary/aromatic N) is 1. The Morgan fingerprint density at radius 2 is 1.78 bits per heavy atom. The van der Waals surface area contributed by atoms with Crippen LogP contribution in [0.15, 0.2) is 48.5 Å². The number of hydrogen-bond acceptors (Lipinski definition) is 4. The van der Waals surface area contributed by atoms with Crippen LogP contribution in [-0.4, -0.2) is 41.2 Å². The smallest absolute Gasteiger partial charge is 0.325 e. The summed E-state index contributed by atoms with van der Waals surface area (Å²) in [6, 6.07) is 14.4. The summed E-state index contributed by atoms with van der Waals surface area (Å²) < 4.78 is 5.61. The molecule has 0 bridgehead atoms. The number of urea groups is 1. The molecular weight excluding hydrogens is 344 g/mol. The van der Waals surface area contributed by atoms with Crippen molar-refractivity contribution in [2.75, 3.05) is 13.2 Å². The largest absolute Gasteiger partial charge is 0.491 e. The van der Waals surface area contributed by atoms with Crippen molar-refractivity contribution in [2.45, 2.75) is 32.4 Å². The summed E-state index contributed by atoms with van der Waals surface area (Å²) in [7, 11) is 0. The molecule has 2 aromatic carbocycles. The minimum Gasteiger partial charge on any atom is -0.491 e. The summed E-state index contributed by atoms with van der Waals surface area (Å²) in [4.78, 5) is 26.3. The van der Waals surface area contributed by atoms with Crippen LogP contribution in [0.1, 0.15) is 23.6 Å². The van der Waals surface area contributed by atoms with Crippen molar-refractivity contribution in [1.82, 2.24) is 10.2 Å². The predicted molar refractivity (Wildman–Crippen MR) is 101 cm³/mol. The van der Waals surface area contributed by atoms with Gasteiger partial charge in [-0.15, -0.1) is 0 Å². The van der Waals surface area contributed by atoms with E-state index in [2.05, 4.69) is 5.32 Å². The van der Waals surface area contributed by atoms with Crippen LogP contribution in [0.2, 0.25) is 0 Å². The molecule has 1 aliphatic heterocycles. The molecule has 6 heteroatoms. The molecule has 0 aliphatic carbocycles. The van der Waals surface area contributed by atoms with Crippen LogP contribution >= 0.6 is 0 Å². The van der Waals surface area contributed by atoms with E-state index in [1.54, 1.807) is 6.92 Å². The number of hydrogen-bond donors (Lipinski definition) is 2. The number of β-amino-alcohol motifs (C(OH)–C–C–N with tert-alkyl or cyclic N) is 1. The molecule has 1 aliphatic rings. The summed E-state index contributed by atoms with van der Waals surface area (Å²) in [5, 5.41) is 13.0. The maximum Gasteiger partial charge on any atom is 0.325 e. The summed E-state index contributed by atoms with van der Waals surface area (Å²) >= 11 is 0. The van der Waals surface area contributed by atoms with Gasteiger partial charge in [0.15, 0.2) is 0 Å². The molecule has 1 heterocycles. The van der Waals surface area contributed by atoms with Crippen LogP contribution in [0.3, 0.4) is 0 Å². The van der Waals surface area contributed by atoms with E-state index in [0.717, 1.165) is 16.0 Å². The third kappa shape index (κ3) is 3.80. The number of benzene rings is 2. The molecule has 0 radical (unpaired) electrons. The number of aliphatic hydroxyl groups is 1. The summed E-state index contributed by atoms with van der Waals surface area (Å²) in [6.45, 7) is 5.40. The first kappa shape index (κ1) is 18.9. The first-order valence-electron chi connectivity index (χ1n) is 8.89. The van der Waals surface area contributed by atoms with Gasteiger partial charge in [0, 0.05) is 0 Å². The van der Waals surface area contributed by atoms with E-state index < -0.39 is 17.7 Å². The molecule has 3 rings (SSSR count). The fourth-order valence-corrected chi connectivity index (χ4v) is 3.11. The molecule has 1 saturated heterocycles. The normalized spacial score (nSPS) is 20.5. The third-order valence-electron chi connectivity index (χ3n) is 4.82. The highest BCUT2D eigenvalue weighted by atomic mass is 16.5. The van der Waals surface area contributed by atoms with Gasteiger partial charge in [0.05, 0.1) is 6.54 Å². The lowest BCUT2D eigenvalue weighted by Crippen LogP contribution is -2.42. The second kappa shape index (κ2) is 7.40. The molecule has 2 aromatic rings. The molecule has 2 N–H and O–H groups in total. The Balaban J connectivity index is 1.66. The maximum absolute atomic E-state index is 12.9. The Kier molecular flexibility index (Phi) is 5.19. The van der Waals surface area contributed by atoms with Crippen LogP contribution in [0, 0.1) is 13.8 Å². The van der Waals surface area contributed by atoms with E-state index in [-0.39, 0.29) is 19.1 Å². The van der Waals surface area contributed by atoms with Crippen molar-refractivity contribution < 1.29 is 19.4 Å². The predicted octanol–water partition coefficient (Wildman–Crippen LogP) is 2.51. The highest BCUT2D eigenvalue weighted by Crippen LogP contribution is 2.29. The van der Waals surface area contributed by atoms with Gasteiger partial charge < -0.3 is 15.2 Å². The van der Waals surface area contributed by atoms with E-state index in [0.29, 0.717) is 11.3 Å². The molecule has 0 unspecified atom stereocenters. The van der Waals surface area contributed by atoms with E-state index >= 15 is 0 Å². The number of aliphatic hydroxyl groups excluding tert-OH is 1. The van der Waals surface area contributed by atoms with Crippen molar-refractivity contribution in [3.05, 3.63) is 65.2 Å². The number of carbonyl (C=O) groups is 2. The van der Waals surface area contributed by atoms with E-state index in [9.17, 15) is 14.7 Å². The maximum atomic E-state index is 12.9. The Bertz CT molecular complexity index is 850. The van der Waals surface area contributed by atoms with Gasteiger partial charge in [-0.05, 0) is 38.0 Å². The molecule has 0 aromatic heterocycles. The number of ether oxygens (including phenoxy) is 1. The fraction of sp³-hybridized carbons (Fsp3) is 0.333. The fourth-order valence-electron chi connectivity index (χ4n) is 3.11. The van der Waals surface area contributed by atoms with Gasteiger partial charge in [0.2, 0.25) is 0 Å². The van der Waals surface area contributed by atoms with Gasteiger partial charge in [0.25, 0.3) is 5.91 Å². The first-order valence-corrected chi connectivity index (χ1v) is 8.89. The van der Waals surface area contributed by atoms with E-state index in [1.807, 2.05) is 62.4 Å². The van der Waals surface area contributed by atoms with Crippen molar-refractivity contribution in [2.24, 2.45) is 0 Å². The first-order chi connectivity index (χ1) is 12.8. The molecule has 6 nitrogen and oxygen atoms in total. The third-order valence-corrected chi connectivity index (χ3v) is 4.82. The highest BCUT2D eigenvalue weighted by molar-refractivity contribution is 6.07. The van der Waals surface area contributed by atoms with Gasteiger partial charge in [-0.2, -0.15) is 0 Å². The van der Waals surface area contributed by atoms with Crippen LogP contribution in [0.4, 0.5) is 4.79 Å². The van der Waals surface area contributed by atoms with Crippen molar-refractivity contribution in [1.29, 1.82) is 0 Å². The van der Waals surface area contributed by atoms with Gasteiger partial charge in [0.1, 0.15) is 24.0 Å². The number of carbonyl (C=O) groups excluding carboxylic acids is 2. The monoisotopic (exact) mass is 368 g/mol. The minimum atomic E-state index is -1.14. The van der Waals surface area contributed by atoms with Gasteiger partial charge in [-0.25, -0.2) is 4.79 Å². The number of amides is 3. The Labute approximate surface area is 158 Å². The zero-order valence-corrected chi connectivity index (χ0v) is 15.7. The lowest BCUT2D eigenvalue weighted by molar-refractivity contribution is -0.132. The molecule has 2 atom stereocenters. The van der Waals surface area contributed by atoms with Crippen molar-refractivity contribution >= 4 is 11.9 Å². The van der Waals surface area contributed by atoms with E-state index in [4.69, 9.17) is 4.74 Å². The number of rotatable bonds is 6. The Hall–Kier alpha value is -2.86. The lowest BCUT2D eigenvalue weighted by atomic mass is 9.91. The molecule has 0 spiro atoms. The van der Waals surface area contributed by atoms with E-state index in [1.165, 1.54) is 0 Å². The standard InChI is InChI=1S/C21H24N2O4/c1-14-8-10-16(11-9-14)21(3)19(25)23(20(26)22-21)12-17(24)13-27-18-7-5-4-6-15(18)2/h4-11,17,24H,12-13H2,1-3H3,(H,22,26)/t17-,21-/m1/s1. The number of para-hydroxylation sites is 1. The summed E-state index contributed by atoms with van der Waals surface area (Å²) in [6.07, 6.45) is -0.986. The zero-order valence-electron chi connectivity index (χ0n) is 15.7. The average Bonchev–Trinajstić information content (AvgIpc) is 2.85. The highest BCUT2D eigenvalue weighted by Gasteiger charge is 2.49. The number of imide groups is 1. The molecule has 27 heavy (non-hydrogen) atoms. The average molecular weight is 368 g/mol. The molecule has 142 valence electrons. The summed E-state index contributed by atoms with van der Waals surface area (Å²) in [5.74, 6) is 0.282.